The molecule has 1 aliphatic carbocycles. The van der Waals surface area contributed by atoms with E-state index >= 15 is 0 Å². The zero-order chi connectivity index (χ0) is 12.8. The topological polar surface area (TPSA) is 43.8 Å². The predicted octanol–water partition coefficient (Wildman–Crippen LogP) is 2.64. The third-order valence-corrected chi connectivity index (χ3v) is 4.15. The van der Waals surface area contributed by atoms with Gasteiger partial charge in [-0.15, -0.1) is 0 Å². The van der Waals surface area contributed by atoms with E-state index in [1.54, 1.807) is 0 Å². The summed E-state index contributed by atoms with van der Waals surface area (Å²) in [5, 5.41) is 4.35. The highest BCUT2D eigenvalue weighted by molar-refractivity contribution is 5.50. The maximum Gasteiger partial charge on any atom is 0.0683 e. The molecule has 3 heteroatoms. The minimum atomic E-state index is -0.198. The summed E-state index contributed by atoms with van der Waals surface area (Å²) in [6, 6.07) is 10.4. The minimum Gasteiger partial charge on any atom is -0.325 e. The van der Waals surface area contributed by atoms with Crippen LogP contribution in [0.3, 0.4) is 0 Å². The lowest BCUT2D eigenvalue weighted by molar-refractivity contribution is 0.390. The smallest absolute Gasteiger partial charge is 0.0683 e. The van der Waals surface area contributed by atoms with Gasteiger partial charge in [-0.25, -0.2) is 4.68 Å². The summed E-state index contributed by atoms with van der Waals surface area (Å²) < 4.78 is 1.93. The number of benzene rings is 1. The molecule has 3 nitrogen and oxygen atoms in total. The van der Waals surface area contributed by atoms with E-state index in [4.69, 9.17) is 5.73 Å². The SMILES string of the molecule is CC(C)(N)C1(c2ccccc2-n2cccn2)CC1. The van der Waals surface area contributed by atoms with Crippen LogP contribution in [0.15, 0.2) is 42.7 Å². The van der Waals surface area contributed by atoms with Crippen LogP contribution in [0.4, 0.5) is 0 Å². The van der Waals surface area contributed by atoms with E-state index in [0.29, 0.717) is 0 Å². The molecular weight excluding hydrogens is 222 g/mol. The summed E-state index contributed by atoms with van der Waals surface area (Å²) in [6.07, 6.45) is 6.12. The zero-order valence-electron chi connectivity index (χ0n) is 10.9. The van der Waals surface area contributed by atoms with Gasteiger partial charge in [-0.05, 0) is 44.4 Å². The number of aromatic nitrogens is 2. The normalized spacial score (nSPS) is 17.7. The Morgan fingerprint density at radius 1 is 1.22 bits per heavy atom. The van der Waals surface area contributed by atoms with Gasteiger partial charge in [0.15, 0.2) is 0 Å². The minimum absolute atomic E-state index is 0.107. The molecule has 0 saturated heterocycles. The standard InChI is InChI=1S/C15H19N3/c1-14(2,16)15(8-9-15)12-6-3-4-7-13(12)18-11-5-10-17-18/h3-7,10-11H,8-9,16H2,1-2H3. The van der Waals surface area contributed by atoms with Crippen LogP contribution < -0.4 is 5.73 Å². The Morgan fingerprint density at radius 2 is 1.94 bits per heavy atom. The Balaban J connectivity index is 2.15. The first-order valence-electron chi connectivity index (χ1n) is 6.43. The molecule has 2 aromatic rings. The summed E-state index contributed by atoms with van der Waals surface area (Å²) in [5.74, 6) is 0. The molecule has 1 saturated carbocycles. The van der Waals surface area contributed by atoms with Gasteiger partial charge in [-0.1, -0.05) is 18.2 Å². The van der Waals surface area contributed by atoms with Gasteiger partial charge in [0.05, 0.1) is 5.69 Å². The predicted molar refractivity (Wildman–Crippen MR) is 72.7 cm³/mol. The van der Waals surface area contributed by atoms with E-state index in [0.717, 1.165) is 18.5 Å². The summed E-state index contributed by atoms with van der Waals surface area (Å²) in [4.78, 5) is 0. The van der Waals surface area contributed by atoms with E-state index < -0.39 is 0 Å². The molecule has 0 spiro atoms. The summed E-state index contributed by atoms with van der Waals surface area (Å²) in [5.41, 5.74) is 8.78. The van der Waals surface area contributed by atoms with Crippen molar-refractivity contribution in [3.63, 3.8) is 0 Å². The van der Waals surface area contributed by atoms with Crippen molar-refractivity contribution in [3.8, 4) is 5.69 Å². The van der Waals surface area contributed by atoms with Crippen LogP contribution in [0, 0.1) is 0 Å². The van der Waals surface area contributed by atoms with Crippen molar-refractivity contribution < 1.29 is 0 Å². The number of para-hydroxylation sites is 1. The lowest BCUT2D eigenvalue weighted by atomic mass is 9.78. The van der Waals surface area contributed by atoms with Crippen LogP contribution in [0.1, 0.15) is 32.3 Å². The van der Waals surface area contributed by atoms with E-state index in [-0.39, 0.29) is 11.0 Å². The average molecular weight is 241 g/mol. The van der Waals surface area contributed by atoms with E-state index in [1.165, 1.54) is 5.56 Å². The molecule has 1 aliphatic rings. The average Bonchev–Trinajstić information content (AvgIpc) is 2.98. The van der Waals surface area contributed by atoms with Crippen LogP contribution in [0.5, 0.6) is 0 Å². The second-order valence-electron chi connectivity index (χ2n) is 5.77. The van der Waals surface area contributed by atoms with Crippen LogP contribution in [-0.2, 0) is 5.41 Å². The highest BCUT2D eigenvalue weighted by Crippen LogP contribution is 2.56. The lowest BCUT2D eigenvalue weighted by Crippen LogP contribution is -2.45. The molecule has 1 aromatic heterocycles. The Hall–Kier alpha value is -1.61. The number of nitrogens with zero attached hydrogens (tertiary/aromatic N) is 2. The van der Waals surface area contributed by atoms with Crippen molar-refractivity contribution in [1.29, 1.82) is 0 Å². The largest absolute Gasteiger partial charge is 0.325 e. The quantitative estimate of drug-likeness (QED) is 0.897. The summed E-state index contributed by atoms with van der Waals surface area (Å²) in [6.45, 7) is 4.25. The van der Waals surface area contributed by atoms with Gasteiger partial charge >= 0.3 is 0 Å². The number of nitrogens with two attached hydrogens (primary N) is 1. The third-order valence-electron chi connectivity index (χ3n) is 4.15. The molecule has 0 atom stereocenters. The maximum atomic E-state index is 6.40. The monoisotopic (exact) mass is 241 g/mol. The Bertz CT molecular complexity index is 545. The molecule has 0 bridgehead atoms. The second-order valence-corrected chi connectivity index (χ2v) is 5.77. The van der Waals surface area contributed by atoms with Crippen molar-refractivity contribution in [2.24, 2.45) is 5.73 Å². The van der Waals surface area contributed by atoms with Gasteiger partial charge in [-0.3, -0.25) is 0 Å². The van der Waals surface area contributed by atoms with Gasteiger partial charge in [0.2, 0.25) is 0 Å². The van der Waals surface area contributed by atoms with Crippen molar-refractivity contribution in [1.82, 2.24) is 9.78 Å². The van der Waals surface area contributed by atoms with Crippen LogP contribution in [0.25, 0.3) is 5.69 Å². The van der Waals surface area contributed by atoms with Crippen LogP contribution >= 0.6 is 0 Å². The van der Waals surface area contributed by atoms with Gasteiger partial charge in [0.25, 0.3) is 0 Å². The molecule has 1 heterocycles. The molecule has 1 aromatic carbocycles. The van der Waals surface area contributed by atoms with Crippen LogP contribution in [0.2, 0.25) is 0 Å². The molecule has 94 valence electrons. The zero-order valence-corrected chi connectivity index (χ0v) is 10.9. The number of rotatable bonds is 3. The van der Waals surface area contributed by atoms with Crippen molar-refractivity contribution >= 4 is 0 Å². The maximum absolute atomic E-state index is 6.40. The molecule has 3 rings (SSSR count). The summed E-state index contributed by atoms with van der Waals surface area (Å²) >= 11 is 0. The fraction of sp³-hybridized carbons (Fsp3) is 0.400. The fourth-order valence-corrected chi connectivity index (χ4v) is 2.88. The van der Waals surface area contributed by atoms with E-state index in [2.05, 4.69) is 43.2 Å². The number of hydrogen-bond donors (Lipinski definition) is 1. The second kappa shape index (κ2) is 3.69. The van der Waals surface area contributed by atoms with Crippen molar-refractivity contribution in [3.05, 3.63) is 48.3 Å². The first-order chi connectivity index (χ1) is 8.55. The molecule has 1 fully saturated rings. The first-order valence-corrected chi connectivity index (χ1v) is 6.43. The third kappa shape index (κ3) is 1.58. The molecule has 0 amide bonds. The Labute approximate surface area is 108 Å². The van der Waals surface area contributed by atoms with E-state index in [9.17, 15) is 0 Å². The molecule has 2 N–H and O–H groups in total. The molecule has 18 heavy (non-hydrogen) atoms. The Morgan fingerprint density at radius 3 is 2.50 bits per heavy atom. The fourth-order valence-electron chi connectivity index (χ4n) is 2.88. The van der Waals surface area contributed by atoms with Gasteiger partial charge in [0, 0.05) is 23.3 Å². The lowest BCUT2D eigenvalue weighted by Gasteiger charge is -2.32. The molecule has 0 aliphatic heterocycles. The van der Waals surface area contributed by atoms with E-state index in [1.807, 2.05) is 23.1 Å². The molecular formula is C15H19N3. The Kier molecular flexibility index (Phi) is 2.35. The summed E-state index contributed by atoms with van der Waals surface area (Å²) in [7, 11) is 0. The van der Waals surface area contributed by atoms with Crippen molar-refractivity contribution in [2.45, 2.75) is 37.6 Å². The highest BCUT2D eigenvalue weighted by atomic mass is 15.3. The molecule has 0 unspecified atom stereocenters. The van der Waals surface area contributed by atoms with Gasteiger partial charge in [-0.2, -0.15) is 5.10 Å². The van der Waals surface area contributed by atoms with Gasteiger partial charge < -0.3 is 5.73 Å². The van der Waals surface area contributed by atoms with Gasteiger partial charge in [0.1, 0.15) is 0 Å². The highest BCUT2D eigenvalue weighted by Gasteiger charge is 2.54. The van der Waals surface area contributed by atoms with Crippen molar-refractivity contribution in [2.75, 3.05) is 0 Å². The molecule has 0 radical (unpaired) electrons. The number of hydrogen-bond acceptors (Lipinski definition) is 2. The van der Waals surface area contributed by atoms with Crippen LogP contribution in [-0.4, -0.2) is 15.3 Å². The first kappa shape index (κ1) is 11.5.